The molecule has 1 aromatic rings. The van der Waals surface area contributed by atoms with E-state index in [1.807, 2.05) is 12.1 Å². The lowest BCUT2D eigenvalue weighted by molar-refractivity contribution is -0.131. The van der Waals surface area contributed by atoms with Crippen LogP contribution in [0.25, 0.3) is 0 Å². The fraction of sp³-hybridized carbons (Fsp3) is 0.579. The highest BCUT2D eigenvalue weighted by Crippen LogP contribution is 2.35. The van der Waals surface area contributed by atoms with Gasteiger partial charge in [-0.2, -0.15) is 0 Å². The highest BCUT2D eigenvalue weighted by atomic mass is 16.5. The van der Waals surface area contributed by atoms with E-state index in [2.05, 4.69) is 24.4 Å². The number of hydrogen-bond donors (Lipinski definition) is 1. The minimum absolute atomic E-state index is 0.00966. The van der Waals surface area contributed by atoms with Crippen molar-refractivity contribution in [2.24, 2.45) is 5.92 Å². The minimum atomic E-state index is -0.143. The van der Waals surface area contributed by atoms with Gasteiger partial charge >= 0.3 is 6.03 Å². The molecule has 1 aromatic carbocycles. The molecule has 0 unspecified atom stereocenters. The highest BCUT2D eigenvalue weighted by Gasteiger charge is 2.32. The zero-order valence-electron chi connectivity index (χ0n) is 15.0. The molecule has 2 atom stereocenters. The van der Waals surface area contributed by atoms with Crippen LogP contribution in [-0.2, 0) is 16.0 Å². The summed E-state index contributed by atoms with van der Waals surface area (Å²) in [6, 6.07) is 8.14. The van der Waals surface area contributed by atoms with Crippen LogP contribution < -0.4 is 5.32 Å². The van der Waals surface area contributed by atoms with Gasteiger partial charge in [0, 0.05) is 26.7 Å². The first-order valence-electron chi connectivity index (χ1n) is 9.00. The van der Waals surface area contributed by atoms with Gasteiger partial charge in [-0.3, -0.25) is 4.79 Å². The molecule has 1 saturated heterocycles. The molecule has 0 saturated carbocycles. The van der Waals surface area contributed by atoms with Crippen LogP contribution in [0.5, 0.6) is 0 Å². The Morgan fingerprint density at radius 1 is 1.32 bits per heavy atom. The van der Waals surface area contributed by atoms with Crippen LogP contribution in [0, 0.1) is 5.92 Å². The SMILES string of the molecule is COCCN1CCCN(C(=O)N[C@@H]2c3ccccc3C[C@@H]2C)CC1=O. The van der Waals surface area contributed by atoms with Crippen molar-refractivity contribution in [1.82, 2.24) is 15.1 Å². The molecule has 0 radical (unpaired) electrons. The molecule has 1 aliphatic carbocycles. The summed E-state index contributed by atoms with van der Waals surface area (Å²) in [6.45, 7) is 4.67. The molecule has 136 valence electrons. The maximum Gasteiger partial charge on any atom is 0.318 e. The van der Waals surface area contributed by atoms with Crippen molar-refractivity contribution in [3.63, 3.8) is 0 Å². The van der Waals surface area contributed by atoms with E-state index in [4.69, 9.17) is 4.74 Å². The summed E-state index contributed by atoms with van der Waals surface area (Å²) in [5.41, 5.74) is 2.50. The molecule has 1 heterocycles. The first kappa shape index (κ1) is 17.7. The second-order valence-electron chi connectivity index (χ2n) is 6.96. The molecule has 1 aliphatic heterocycles. The number of carbonyl (C=O) groups is 2. The fourth-order valence-corrected chi connectivity index (χ4v) is 3.77. The molecule has 2 aliphatic rings. The summed E-state index contributed by atoms with van der Waals surface area (Å²) in [5.74, 6) is 0.354. The van der Waals surface area contributed by atoms with Gasteiger partial charge in [-0.15, -0.1) is 0 Å². The van der Waals surface area contributed by atoms with E-state index in [-0.39, 0.29) is 24.5 Å². The zero-order valence-corrected chi connectivity index (χ0v) is 15.0. The van der Waals surface area contributed by atoms with Crippen LogP contribution in [0.1, 0.15) is 30.5 Å². The van der Waals surface area contributed by atoms with Crippen molar-refractivity contribution in [2.75, 3.05) is 39.9 Å². The third kappa shape index (κ3) is 3.95. The molecule has 1 fully saturated rings. The lowest BCUT2D eigenvalue weighted by Crippen LogP contribution is -2.46. The van der Waals surface area contributed by atoms with Crippen LogP contribution >= 0.6 is 0 Å². The molecule has 3 amide bonds. The van der Waals surface area contributed by atoms with E-state index < -0.39 is 0 Å². The summed E-state index contributed by atoms with van der Waals surface area (Å²) >= 11 is 0. The highest BCUT2D eigenvalue weighted by molar-refractivity contribution is 5.84. The second-order valence-corrected chi connectivity index (χ2v) is 6.96. The van der Waals surface area contributed by atoms with Gasteiger partial charge in [0.1, 0.15) is 6.54 Å². The van der Waals surface area contributed by atoms with Gasteiger partial charge in [-0.1, -0.05) is 31.2 Å². The first-order chi connectivity index (χ1) is 12.1. The minimum Gasteiger partial charge on any atom is -0.383 e. The predicted molar refractivity (Wildman–Crippen MR) is 95.2 cm³/mol. The normalized spacial score (nSPS) is 23.4. The molecular weight excluding hydrogens is 318 g/mol. The van der Waals surface area contributed by atoms with Gasteiger partial charge in [0.25, 0.3) is 0 Å². The number of rotatable bonds is 4. The molecule has 1 N–H and O–H groups in total. The summed E-state index contributed by atoms with van der Waals surface area (Å²) in [5, 5.41) is 3.15. The van der Waals surface area contributed by atoms with Crippen LogP contribution in [0.15, 0.2) is 24.3 Å². The van der Waals surface area contributed by atoms with Gasteiger partial charge < -0.3 is 19.9 Å². The molecule has 6 nitrogen and oxygen atoms in total. The third-order valence-electron chi connectivity index (χ3n) is 5.17. The molecule has 3 rings (SSSR count). The molecule has 25 heavy (non-hydrogen) atoms. The van der Waals surface area contributed by atoms with Crippen LogP contribution in [-0.4, -0.2) is 61.6 Å². The Bertz CT molecular complexity index is 634. The zero-order chi connectivity index (χ0) is 17.8. The number of benzene rings is 1. The maximum atomic E-state index is 12.7. The van der Waals surface area contributed by atoms with E-state index in [1.54, 1.807) is 16.9 Å². The Morgan fingerprint density at radius 2 is 2.12 bits per heavy atom. The lowest BCUT2D eigenvalue weighted by Gasteiger charge is -2.25. The molecular formula is C19H27N3O3. The van der Waals surface area contributed by atoms with E-state index in [0.717, 1.165) is 12.8 Å². The van der Waals surface area contributed by atoms with Gasteiger partial charge in [-0.25, -0.2) is 4.79 Å². The van der Waals surface area contributed by atoms with Gasteiger partial charge in [0.15, 0.2) is 0 Å². The lowest BCUT2D eigenvalue weighted by atomic mass is 10.0. The Hall–Kier alpha value is -2.08. The smallest absolute Gasteiger partial charge is 0.318 e. The van der Waals surface area contributed by atoms with Crippen LogP contribution in [0.3, 0.4) is 0 Å². The number of methoxy groups -OCH3 is 1. The van der Waals surface area contributed by atoms with E-state index in [0.29, 0.717) is 32.2 Å². The average Bonchev–Trinajstić information content (AvgIpc) is 2.79. The third-order valence-corrected chi connectivity index (χ3v) is 5.17. The number of nitrogens with one attached hydrogen (secondary N) is 1. The predicted octanol–water partition coefficient (Wildman–Crippen LogP) is 1.81. The molecule has 0 spiro atoms. The number of nitrogens with zero attached hydrogens (tertiary/aromatic N) is 2. The fourth-order valence-electron chi connectivity index (χ4n) is 3.77. The Morgan fingerprint density at radius 3 is 2.92 bits per heavy atom. The Kier molecular flexibility index (Phi) is 5.58. The molecule has 6 heteroatoms. The number of ether oxygens (including phenoxy) is 1. The van der Waals surface area contributed by atoms with E-state index >= 15 is 0 Å². The monoisotopic (exact) mass is 345 g/mol. The topological polar surface area (TPSA) is 61.9 Å². The number of fused-ring (bicyclic) bond motifs is 1. The maximum absolute atomic E-state index is 12.7. The summed E-state index contributed by atoms with van der Waals surface area (Å²) in [6.07, 6.45) is 1.77. The average molecular weight is 345 g/mol. The van der Waals surface area contributed by atoms with Crippen LogP contribution in [0.4, 0.5) is 4.79 Å². The van der Waals surface area contributed by atoms with Gasteiger partial charge in [0.2, 0.25) is 5.91 Å². The van der Waals surface area contributed by atoms with Crippen molar-refractivity contribution in [3.05, 3.63) is 35.4 Å². The second kappa shape index (κ2) is 7.87. The summed E-state index contributed by atoms with van der Waals surface area (Å²) in [4.78, 5) is 28.6. The van der Waals surface area contributed by atoms with E-state index in [9.17, 15) is 9.59 Å². The number of hydrogen-bond acceptors (Lipinski definition) is 3. The number of amides is 3. The van der Waals surface area contributed by atoms with Crippen molar-refractivity contribution in [3.8, 4) is 0 Å². The van der Waals surface area contributed by atoms with Crippen LogP contribution in [0.2, 0.25) is 0 Å². The van der Waals surface area contributed by atoms with Crippen molar-refractivity contribution in [1.29, 1.82) is 0 Å². The van der Waals surface area contributed by atoms with Gasteiger partial charge in [0.05, 0.1) is 12.6 Å². The Balaban J connectivity index is 1.63. The summed E-state index contributed by atoms with van der Waals surface area (Å²) < 4.78 is 5.05. The quantitative estimate of drug-likeness (QED) is 0.905. The molecule has 0 bridgehead atoms. The number of urea groups is 1. The number of carbonyl (C=O) groups excluding carboxylic acids is 2. The largest absolute Gasteiger partial charge is 0.383 e. The van der Waals surface area contributed by atoms with Crippen molar-refractivity contribution < 1.29 is 14.3 Å². The van der Waals surface area contributed by atoms with Crippen molar-refractivity contribution >= 4 is 11.9 Å². The standard InChI is InChI=1S/C19H27N3O3/c1-14-12-15-6-3-4-7-16(15)18(14)20-19(24)22-9-5-8-21(10-11-25-2)17(23)13-22/h3-4,6-7,14,18H,5,8-13H2,1-2H3,(H,20,24)/t14-,18-/m0/s1. The first-order valence-corrected chi connectivity index (χ1v) is 9.00. The summed E-state index contributed by atoms with van der Waals surface area (Å²) in [7, 11) is 1.63. The van der Waals surface area contributed by atoms with Crippen molar-refractivity contribution in [2.45, 2.75) is 25.8 Å². The molecule has 0 aromatic heterocycles. The Labute approximate surface area is 149 Å². The van der Waals surface area contributed by atoms with Gasteiger partial charge in [-0.05, 0) is 29.9 Å². The van der Waals surface area contributed by atoms with E-state index in [1.165, 1.54) is 11.1 Å².